The number of rotatable bonds is 4. The third-order valence-electron chi connectivity index (χ3n) is 5.03. The molecule has 0 unspecified atom stereocenters. The molecule has 3 aromatic rings. The van der Waals surface area contributed by atoms with E-state index in [4.69, 9.17) is 0 Å². The highest BCUT2D eigenvalue weighted by Crippen LogP contribution is 2.29. The summed E-state index contributed by atoms with van der Waals surface area (Å²) in [6.45, 7) is 5.27. The molecule has 0 saturated carbocycles. The molecule has 1 aliphatic rings. The summed E-state index contributed by atoms with van der Waals surface area (Å²) in [5.74, 6) is -0.949. The van der Waals surface area contributed by atoms with Crippen LogP contribution in [-0.4, -0.2) is 64.3 Å². The molecule has 134 valence electrons. The number of nitrogens with one attached hydrogen (secondary N) is 1. The van der Waals surface area contributed by atoms with Gasteiger partial charge in [0.25, 0.3) is 0 Å². The van der Waals surface area contributed by atoms with Gasteiger partial charge in [-0.2, -0.15) is 5.10 Å². The van der Waals surface area contributed by atoms with Gasteiger partial charge in [0.1, 0.15) is 0 Å². The monoisotopic (exact) mass is 350 g/mol. The first-order valence-corrected chi connectivity index (χ1v) is 8.82. The first-order chi connectivity index (χ1) is 12.6. The molecule has 2 heterocycles. The Morgan fingerprint density at radius 2 is 1.92 bits per heavy atom. The van der Waals surface area contributed by atoms with Gasteiger partial charge in [0.15, 0.2) is 0 Å². The molecule has 0 bridgehead atoms. The van der Waals surface area contributed by atoms with Crippen molar-refractivity contribution in [2.24, 2.45) is 0 Å². The summed E-state index contributed by atoms with van der Waals surface area (Å²) in [7, 11) is 2.16. The largest absolute Gasteiger partial charge is 0.478 e. The van der Waals surface area contributed by atoms with Gasteiger partial charge in [-0.3, -0.25) is 10.00 Å². The van der Waals surface area contributed by atoms with Gasteiger partial charge in [-0.1, -0.05) is 30.3 Å². The van der Waals surface area contributed by atoms with Crippen molar-refractivity contribution in [2.75, 3.05) is 33.2 Å². The van der Waals surface area contributed by atoms with Crippen LogP contribution in [0.1, 0.15) is 15.9 Å². The normalized spacial score (nSPS) is 16.2. The van der Waals surface area contributed by atoms with Gasteiger partial charge in [-0.05, 0) is 24.7 Å². The lowest BCUT2D eigenvalue weighted by Gasteiger charge is -2.32. The molecule has 0 atom stereocenters. The Labute approximate surface area is 152 Å². The molecule has 1 fully saturated rings. The van der Waals surface area contributed by atoms with Crippen LogP contribution in [0.4, 0.5) is 0 Å². The van der Waals surface area contributed by atoms with Gasteiger partial charge >= 0.3 is 5.97 Å². The number of carbonyl (C=O) groups is 1. The maximum Gasteiger partial charge on any atom is 0.337 e. The molecule has 26 heavy (non-hydrogen) atoms. The average molecular weight is 350 g/mol. The molecule has 0 spiro atoms. The fourth-order valence-corrected chi connectivity index (χ4v) is 3.52. The fourth-order valence-electron chi connectivity index (χ4n) is 3.52. The van der Waals surface area contributed by atoms with Gasteiger partial charge < -0.3 is 10.0 Å². The Bertz CT molecular complexity index is 942. The van der Waals surface area contributed by atoms with Gasteiger partial charge in [-0.25, -0.2) is 4.79 Å². The second kappa shape index (κ2) is 6.90. The predicted octanol–water partition coefficient (Wildman–Crippen LogP) is 2.68. The number of aromatic carboxylic acids is 1. The van der Waals surface area contributed by atoms with E-state index < -0.39 is 5.97 Å². The molecule has 0 aliphatic carbocycles. The Morgan fingerprint density at radius 3 is 2.69 bits per heavy atom. The summed E-state index contributed by atoms with van der Waals surface area (Å²) < 4.78 is 0. The predicted molar refractivity (Wildman–Crippen MR) is 101 cm³/mol. The van der Waals surface area contributed by atoms with Crippen LogP contribution in [0.3, 0.4) is 0 Å². The van der Waals surface area contributed by atoms with Crippen molar-refractivity contribution >= 4 is 16.9 Å². The van der Waals surface area contributed by atoms with E-state index in [-0.39, 0.29) is 5.56 Å². The lowest BCUT2D eigenvalue weighted by molar-refractivity contribution is 0.0699. The van der Waals surface area contributed by atoms with E-state index in [1.807, 2.05) is 18.2 Å². The van der Waals surface area contributed by atoms with Crippen molar-refractivity contribution in [1.82, 2.24) is 20.0 Å². The van der Waals surface area contributed by atoms with Crippen LogP contribution in [0.25, 0.3) is 22.2 Å². The minimum atomic E-state index is -0.949. The zero-order chi connectivity index (χ0) is 18.1. The first kappa shape index (κ1) is 16.8. The molecule has 1 aliphatic heterocycles. The lowest BCUT2D eigenvalue weighted by Crippen LogP contribution is -2.43. The van der Waals surface area contributed by atoms with E-state index in [1.165, 1.54) is 5.56 Å². The summed E-state index contributed by atoms with van der Waals surface area (Å²) >= 11 is 0. The van der Waals surface area contributed by atoms with Crippen LogP contribution in [-0.2, 0) is 6.54 Å². The lowest BCUT2D eigenvalue weighted by atomic mass is 10.0. The zero-order valence-electron chi connectivity index (χ0n) is 14.8. The van der Waals surface area contributed by atoms with Gasteiger partial charge in [0, 0.05) is 43.7 Å². The number of hydrogen-bond donors (Lipinski definition) is 2. The van der Waals surface area contributed by atoms with E-state index in [1.54, 1.807) is 12.1 Å². The first-order valence-electron chi connectivity index (χ1n) is 8.82. The number of H-pyrrole nitrogens is 1. The van der Waals surface area contributed by atoms with E-state index in [2.05, 4.69) is 39.2 Å². The number of likely N-dealkylation sites (N-methyl/N-ethyl adjacent to an activating group) is 1. The fraction of sp³-hybridized carbons (Fsp3) is 0.300. The van der Waals surface area contributed by atoms with E-state index in [9.17, 15) is 9.90 Å². The van der Waals surface area contributed by atoms with Crippen LogP contribution in [0, 0.1) is 0 Å². The number of carboxylic acid groups (broad SMARTS) is 1. The number of nitrogens with zero attached hydrogens (tertiary/aromatic N) is 3. The number of carboxylic acids is 1. The number of hydrogen-bond acceptors (Lipinski definition) is 4. The van der Waals surface area contributed by atoms with E-state index in [0.717, 1.165) is 49.4 Å². The van der Waals surface area contributed by atoms with Gasteiger partial charge in [-0.15, -0.1) is 0 Å². The smallest absolute Gasteiger partial charge is 0.337 e. The van der Waals surface area contributed by atoms with Crippen LogP contribution in [0.5, 0.6) is 0 Å². The molecule has 1 saturated heterocycles. The molecule has 0 radical (unpaired) electrons. The van der Waals surface area contributed by atoms with Crippen molar-refractivity contribution in [2.45, 2.75) is 6.54 Å². The molecule has 1 aromatic heterocycles. The van der Waals surface area contributed by atoms with Crippen molar-refractivity contribution in [3.05, 3.63) is 53.6 Å². The number of aromatic amines is 1. The number of aromatic nitrogens is 2. The second-order valence-corrected chi connectivity index (χ2v) is 6.89. The number of piperazine rings is 1. The van der Waals surface area contributed by atoms with Crippen molar-refractivity contribution in [3.63, 3.8) is 0 Å². The Balaban J connectivity index is 1.64. The Kier molecular flexibility index (Phi) is 4.44. The molecular weight excluding hydrogens is 328 g/mol. The molecule has 0 amide bonds. The quantitative estimate of drug-likeness (QED) is 0.757. The Hall–Kier alpha value is -2.70. The van der Waals surface area contributed by atoms with Crippen molar-refractivity contribution in [1.29, 1.82) is 0 Å². The molecule has 6 heteroatoms. The maximum atomic E-state index is 11.4. The van der Waals surface area contributed by atoms with E-state index in [0.29, 0.717) is 5.52 Å². The summed E-state index contributed by atoms with van der Waals surface area (Å²) in [5.41, 5.74) is 3.86. The molecule has 2 aromatic carbocycles. The minimum absolute atomic E-state index is 0.245. The summed E-state index contributed by atoms with van der Waals surface area (Å²) in [6.07, 6.45) is 0. The summed E-state index contributed by atoms with van der Waals surface area (Å²) in [6, 6.07) is 13.6. The second-order valence-electron chi connectivity index (χ2n) is 6.89. The standard InChI is InChI=1S/C20H22N4O2/c1-23-8-10-24(11-9-23)13-14-4-2-5-15(12-14)18-16-6-3-7-17(20(25)26)19(16)22-21-18/h2-7,12H,8-11,13H2,1H3,(H,21,22)(H,25,26). The van der Waals surface area contributed by atoms with Gasteiger partial charge in [0.2, 0.25) is 0 Å². The van der Waals surface area contributed by atoms with Crippen molar-refractivity contribution in [3.8, 4) is 11.3 Å². The molecular formula is C20H22N4O2. The molecule has 6 nitrogen and oxygen atoms in total. The van der Waals surface area contributed by atoms with Crippen LogP contribution in [0.2, 0.25) is 0 Å². The highest BCUT2D eigenvalue weighted by atomic mass is 16.4. The third-order valence-corrected chi connectivity index (χ3v) is 5.03. The summed E-state index contributed by atoms with van der Waals surface area (Å²) in [5, 5.41) is 17.5. The number of para-hydroxylation sites is 1. The number of fused-ring (bicyclic) bond motifs is 1. The third kappa shape index (κ3) is 3.21. The van der Waals surface area contributed by atoms with Gasteiger partial charge in [0.05, 0.1) is 16.8 Å². The molecule has 2 N–H and O–H groups in total. The van der Waals surface area contributed by atoms with Crippen LogP contribution in [0.15, 0.2) is 42.5 Å². The van der Waals surface area contributed by atoms with Crippen LogP contribution >= 0.6 is 0 Å². The highest BCUT2D eigenvalue weighted by Gasteiger charge is 2.16. The SMILES string of the molecule is CN1CCN(Cc2cccc(-c3n[nH]c4c(C(=O)O)cccc34)c2)CC1. The minimum Gasteiger partial charge on any atom is -0.478 e. The number of benzene rings is 2. The average Bonchev–Trinajstić information content (AvgIpc) is 3.08. The Morgan fingerprint density at radius 1 is 1.15 bits per heavy atom. The topological polar surface area (TPSA) is 72.5 Å². The molecule has 4 rings (SSSR count). The zero-order valence-corrected chi connectivity index (χ0v) is 14.8. The van der Waals surface area contributed by atoms with E-state index >= 15 is 0 Å². The summed E-state index contributed by atoms with van der Waals surface area (Å²) in [4.78, 5) is 16.2. The van der Waals surface area contributed by atoms with Crippen molar-refractivity contribution < 1.29 is 9.90 Å². The van der Waals surface area contributed by atoms with Crippen LogP contribution < -0.4 is 0 Å². The maximum absolute atomic E-state index is 11.4. The highest BCUT2D eigenvalue weighted by molar-refractivity contribution is 6.05.